The van der Waals surface area contributed by atoms with E-state index < -0.39 is 10.0 Å². The number of carbonyl (C=O) groups excluding carboxylic acids is 1. The van der Waals surface area contributed by atoms with Crippen LogP contribution in [0.15, 0.2) is 27.6 Å². The second kappa shape index (κ2) is 6.43. The third-order valence-electron chi connectivity index (χ3n) is 3.48. The van der Waals surface area contributed by atoms with Gasteiger partial charge in [-0.25, -0.2) is 13.6 Å². The van der Waals surface area contributed by atoms with Crippen LogP contribution in [0.5, 0.6) is 0 Å². The Kier molecular flexibility index (Phi) is 5.03. The number of sulfonamides is 1. The van der Waals surface area contributed by atoms with Gasteiger partial charge in [0.25, 0.3) is 5.91 Å². The number of rotatable bonds is 3. The second-order valence-electron chi connectivity index (χ2n) is 4.94. The second-order valence-corrected chi connectivity index (χ2v) is 7.33. The molecule has 1 aromatic carbocycles. The van der Waals surface area contributed by atoms with Crippen LogP contribution < -0.4 is 5.14 Å². The van der Waals surface area contributed by atoms with Crippen molar-refractivity contribution in [1.29, 1.82) is 0 Å². The number of carbonyl (C=O) groups is 1. The minimum Gasteiger partial charge on any atom is -0.380 e. The maximum atomic E-state index is 12.5. The summed E-state index contributed by atoms with van der Waals surface area (Å²) in [6.45, 7) is 1.15. The molecule has 0 spiro atoms. The number of likely N-dealkylation sites (tertiary alicyclic amines) is 1. The van der Waals surface area contributed by atoms with Gasteiger partial charge in [0, 0.05) is 30.2 Å². The number of nitrogens with zero attached hydrogens (tertiary/aromatic N) is 1. The van der Waals surface area contributed by atoms with E-state index in [0.717, 1.165) is 12.8 Å². The molecule has 21 heavy (non-hydrogen) atoms. The molecule has 1 aromatic rings. The van der Waals surface area contributed by atoms with Gasteiger partial charge in [-0.1, -0.05) is 0 Å². The molecule has 1 unspecified atom stereocenters. The molecule has 1 fully saturated rings. The van der Waals surface area contributed by atoms with Crippen LogP contribution in [0.3, 0.4) is 0 Å². The average Bonchev–Trinajstić information content (AvgIpc) is 2.46. The van der Waals surface area contributed by atoms with E-state index in [1.54, 1.807) is 18.1 Å². The Morgan fingerprint density at radius 3 is 2.81 bits per heavy atom. The fourth-order valence-corrected chi connectivity index (χ4v) is 3.91. The lowest BCUT2D eigenvalue weighted by Crippen LogP contribution is -2.42. The lowest BCUT2D eigenvalue weighted by molar-refractivity contribution is 0.0269. The van der Waals surface area contributed by atoms with Crippen LogP contribution in [0.2, 0.25) is 0 Å². The quantitative estimate of drug-likeness (QED) is 0.861. The lowest BCUT2D eigenvalue weighted by atomic mass is 10.1. The highest BCUT2D eigenvalue weighted by atomic mass is 79.9. The van der Waals surface area contributed by atoms with Crippen LogP contribution in [0, 0.1) is 0 Å². The summed E-state index contributed by atoms with van der Waals surface area (Å²) in [5, 5.41) is 5.15. The molecule has 1 aliphatic heterocycles. The molecule has 1 atom stereocenters. The van der Waals surface area contributed by atoms with E-state index in [9.17, 15) is 13.2 Å². The Morgan fingerprint density at radius 2 is 2.19 bits per heavy atom. The van der Waals surface area contributed by atoms with E-state index in [-0.39, 0.29) is 16.9 Å². The van der Waals surface area contributed by atoms with Crippen LogP contribution in [-0.4, -0.2) is 45.5 Å². The molecule has 0 aromatic heterocycles. The van der Waals surface area contributed by atoms with Gasteiger partial charge in [-0.05, 0) is 47.0 Å². The maximum absolute atomic E-state index is 12.5. The number of nitrogens with two attached hydrogens (primary N) is 1. The van der Waals surface area contributed by atoms with E-state index in [1.165, 1.54) is 12.1 Å². The molecule has 0 radical (unpaired) electrons. The molecule has 1 heterocycles. The normalized spacial score (nSPS) is 19.6. The molecule has 1 saturated heterocycles. The standard InChI is InChI=1S/C13H17BrN2O4S/c1-20-10-3-2-6-16(8-10)13(17)9-4-5-11(14)12(7-9)21(15,18)19/h4-5,7,10H,2-3,6,8H2,1H3,(H2,15,18,19). The summed E-state index contributed by atoms with van der Waals surface area (Å²) in [5.74, 6) is -0.214. The van der Waals surface area contributed by atoms with Crippen LogP contribution in [-0.2, 0) is 14.8 Å². The number of amides is 1. The highest BCUT2D eigenvalue weighted by molar-refractivity contribution is 9.10. The average molecular weight is 377 g/mol. The van der Waals surface area contributed by atoms with Crippen LogP contribution in [0.25, 0.3) is 0 Å². The SMILES string of the molecule is COC1CCCN(C(=O)c2ccc(Br)c(S(N)(=O)=O)c2)C1. The van der Waals surface area contributed by atoms with E-state index in [2.05, 4.69) is 15.9 Å². The van der Waals surface area contributed by atoms with E-state index >= 15 is 0 Å². The predicted octanol–water partition coefficient (Wildman–Crippen LogP) is 1.35. The molecule has 0 bridgehead atoms. The number of methoxy groups -OCH3 is 1. The molecule has 0 saturated carbocycles. The van der Waals surface area contributed by atoms with Crippen LogP contribution in [0.1, 0.15) is 23.2 Å². The molecule has 0 aliphatic carbocycles. The van der Waals surface area contributed by atoms with Crippen molar-refractivity contribution in [3.8, 4) is 0 Å². The summed E-state index contributed by atoms with van der Waals surface area (Å²) in [6, 6.07) is 4.40. The number of hydrogen-bond acceptors (Lipinski definition) is 4. The van der Waals surface area contributed by atoms with Gasteiger partial charge in [0.15, 0.2) is 0 Å². The van der Waals surface area contributed by atoms with Gasteiger partial charge >= 0.3 is 0 Å². The third-order valence-corrected chi connectivity index (χ3v) is 5.39. The van der Waals surface area contributed by atoms with Crippen molar-refractivity contribution >= 4 is 31.9 Å². The molecule has 1 amide bonds. The first-order chi connectivity index (χ1) is 9.82. The van der Waals surface area contributed by atoms with Crippen molar-refractivity contribution in [3.63, 3.8) is 0 Å². The fourth-order valence-electron chi connectivity index (χ4n) is 2.35. The third kappa shape index (κ3) is 3.82. The number of halogens is 1. The zero-order chi connectivity index (χ0) is 15.6. The van der Waals surface area contributed by atoms with Gasteiger partial charge in [0.2, 0.25) is 10.0 Å². The van der Waals surface area contributed by atoms with Gasteiger partial charge in [-0.15, -0.1) is 0 Å². The van der Waals surface area contributed by atoms with Crippen LogP contribution in [0.4, 0.5) is 0 Å². The molecule has 2 rings (SSSR count). The Hall–Kier alpha value is -0.960. The number of piperidine rings is 1. The summed E-state index contributed by atoms with van der Waals surface area (Å²) >= 11 is 3.13. The van der Waals surface area contributed by atoms with E-state index in [0.29, 0.717) is 23.1 Å². The molecule has 116 valence electrons. The highest BCUT2D eigenvalue weighted by Crippen LogP contribution is 2.23. The van der Waals surface area contributed by atoms with Gasteiger partial charge in [0.1, 0.15) is 0 Å². The van der Waals surface area contributed by atoms with Crippen molar-refractivity contribution in [2.24, 2.45) is 5.14 Å². The lowest BCUT2D eigenvalue weighted by Gasteiger charge is -2.32. The molecular weight excluding hydrogens is 360 g/mol. The van der Waals surface area contributed by atoms with Gasteiger partial charge < -0.3 is 9.64 Å². The smallest absolute Gasteiger partial charge is 0.253 e. The van der Waals surface area contributed by atoms with Crippen molar-refractivity contribution in [2.45, 2.75) is 23.8 Å². The topological polar surface area (TPSA) is 89.7 Å². The first-order valence-electron chi connectivity index (χ1n) is 6.47. The molecule has 6 nitrogen and oxygen atoms in total. The molecule has 8 heteroatoms. The maximum Gasteiger partial charge on any atom is 0.253 e. The van der Waals surface area contributed by atoms with Gasteiger partial charge in [-0.2, -0.15) is 0 Å². The van der Waals surface area contributed by atoms with Crippen molar-refractivity contribution in [2.75, 3.05) is 20.2 Å². The number of benzene rings is 1. The largest absolute Gasteiger partial charge is 0.380 e. The van der Waals surface area contributed by atoms with E-state index in [1.807, 2.05) is 0 Å². The van der Waals surface area contributed by atoms with Gasteiger partial charge in [0.05, 0.1) is 11.0 Å². The first kappa shape index (κ1) is 16.4. The Balaban J connectivity index is 2.28. The minimum atomic E-state index is -3.88. The summed E-state index contributed by atoms with van der Waals surface area (Å²) in [6.07, 6.45) is 1.81. The highest BCUT2D eigenvalue weighted by Gasteiger charge is 2.25. The number of hydrogen-bond donors (Lipinski definition) is 1. The fraction of sp³-hybridized carbons (Fsp3) is 0.462. The van der Waals surface area contributed by atoms with Crippen LogP contribution >= 0.6 is 15.9 Å². The Labute approximate surface area is 132 Å². The van der Waals surface area contributed by atoms with E-state index in [4.69, 9.17) is 9.88 Å². The Bertz CT molecular complexity index is 648. The molecule has 1 aliphatic rings. The summed E-state index contributed by atoms with van der Waals surface area (Å²) in [4.78, 5) is 14.1. The number of ether oxygens (including phenoxy) is 1. The zero-order valence-electron chi connectivity index (χ0n) is 11.6. The monoisotopic (exact) mass is 376 g/mol. The zero-order valence-corrected chi connectivity index (χ0v) is 14.0. The molecule has 2 N–H and O–H groups in total. The minimum absolute atomic E-state index is 0.0239. The number of primary sulfonamides is 1. The first-order valence-corrected chi connectivity index (χ1v) is 8.81. The molecular formula is C13H17BrN2O4S. The Morgan fingerprint density at radius 1 is 1.48 bits per heavy atom. The van der Waals surface area contributed by atoms with Gasteiger partial charge in [-0.3, -0.25) is 4.79 Å². The summed E-state index contributed by atoms with van der Waals surface area (Å²) < 4.78 is 28.6. The predicted molar refractivity (Wildman–Crippen MR) is 81.4 cm³/mol. The van der Waals surface area contributed by atoms with Crippen molar-refractivity contribution in [1.82, 2.24) is 4.90 Å². The van der Waals surface area contributed by atoms with Crippen molar-refractivity contribution < 1.29 is 17.9 Å². The van der Waals surface area contributed by atoms with Crippen molar-refractivity contribution in [3.05, 3.63) is 28.2 Å². The summed E-state index contributed by atoms with van der Waals surface area (Å²) in [5.41, 5.74) is 0.305. The summed E-state index contributed by atoms with van der Waals surface area (Å²) in [7, 11) is -2.26.